The van der Waals surface area contributed by atoms with Crippen molar-refractivity contribution in [2.45, 2.75) is 44.5 Å². The Bertz CT molecular complexity index is 1110. The molecule has 166 valence electrons. The Morgan fingerprint density at radius 1 is 1.12 bits per heavy atom. The van der Waals surface area contributed by atoms with Gasteiger partial charge in [0.1, 0.15) is 5.75 Å². The molecule has 0 saturated heterocycles. The Labute approximate surface area is 192 Å². The Hall–Kier alpha value is -3.13. The number of hydrogen-bond donors (Lipinski definition) is 0. The van der Waals surface area contributed by atoms with Crippen molar-refractivity contribution in [2.75, 3.05) is 17.8 Å². The highest BCUT2D eigenvalue weighted by atomic mass is 32.2. The van der Waals surface area contributed by atoms with Crippen LogP contribution >= 0.6 is 11.8 Å². The van der Waals surface area contributed by atoms with Crippen molar-refractivity contribution < 1.29 is 14.3 Å². The number of unbranched alkanes of at least 4 members (excludes halogenated alkanes) is 2. The normalized spacial score (nSPS) is 14.7. The fourth-order valence-corrected chi connectivity index (χ4v) is 4.48. The van der Waals surface area contributed by atoms with Gasteiger partial charge in [0, 0.05) is 18.2 Å². The van der Waals surface area contributed by atoms with Gasteiger partial charge in [0.15, 0.2) is 5.69 Å². The maximum absolute atomic E-state index is 12.9. The third-order valence-electron chi connectivity index (χ3n) is 5.24. The van der Waals surface area contributed by atoms with Crippen molar-refractivity contribution in [3.8, 4) is 22.9 Å². The van der Waals surface area contributed by atoms with E-state index in [1.807, 2.05) is 48.5 Å². The maximum Gasteiger partial charge on any atom is 0.247 e. The molecule has 1 atom stereocenters. The first-order valence-electron chi connectivity index (χ1n) is 10.7. The summed E-state index contributed by atoms with van der Waals surface area (Å²) in [5.74, 6) is 1.73. The summed E-state index contributed by atoms with van der Waals surface area (Å²) in [4.78, 5) is 19.2. The summed E-state index contributed by atoms with van der Waals surface area (Å²) >= 11 is 1.56. The van der Waals surface area contributed by atoms with Crippen LogP contribution < -0.4 is 14.4 Å². The largest absolute Gasteiger partial charge is 0.496 e. The summed E-state index contributed by atoms with van der Waals surface area (Å²) in [7, 11) is 1.60. The number of rotatable bonds is 7. The second kappa shape index (κ2) is 9.99. The number of hydrogen-bond acceptors (Lipinski definition) is 7. The average Bonchev–Trinajstić information content (AvgIpc) is 2.96. The number of carbonyl (C=O) groups is 1. The molecular formula is C24H26N4O3S. The number of ether oxygens (including phenoxy) is 2. The van der Waals surface area contributed by atoms with E-state index in [4.69, 9.17) is 9.47 Å². The molecule has 1 aliphatic heterocycles. The molecule has 4 rings (SSSR count). The van der Waals surface area contributed by atoms with Crippen LogP contribution in [0.3, 0.4) is 0 Å². The zero-order valence-corrected chi connectivity index (χ0v) is 19.3. The van der Waals surface area contributed by atoms with E-state index in [1.54, 1.807) is 23.8 Å². The molecule has 0 radical (unpaired) electrons. The minimum atomic E-state index is -0.763. The van der Waals surface area contributed by atoms with E-state index in [0.29, 0.717) is 28.2 Å². The first-order chi connectivity index (χ1) is 15.6. The summed E-state index contributed by atoms with van der Waals surface area (Å²) in [5.41, 5.74) is 2.68. The fraction of sp³-hybridized carbons (Fsp3) is 0.333. The van der Waals surface area contributed by atoms with Gasteiger partial charge < -0.3 is 9.47 Å². The number of amides is 1. The monoisotopic (exact) mass is 450 g/mol. The van der Waals surface area contributed by atoms with Crippen molar-refractivity contribution in [1.29, 1.82) is 0 Å². The lowest BCUT2D eigenvalue weighted by Gasteiger charge is -2.30. The van der Waals surface area contributed by atoms with Crippen molar-refractivity contribution in [1.82, 2.24) is 15.2 Å². The first-order valence-corrected chi connectivity index (χ1v) is 11.7. The van der Waals surface area contributed by atoms with Gasteiger partial charge in [-0.2, -0.15) is 4.98 Å². The molecule has 0 bridgehead atoms. The van der Waals surface area contributed by atoms with Crippen molar-refractivity contribution in [3.63, 3.8) is 0 Å². The molecule has 0 N–H and O–H groups in total. The molecule has 8 heteroatoms. The molecule has 32 heavy (non-hydrogen) atoms. The quantitative estimate of drug-likeness (QED) is 0.358. The maximum atomic E-state index is 12.9. The van der Waals surface area contributed by atoms with Crippen LogP contribution in [0.4, 0.5) is 5.69 Å². The van der Waals surface area contributed by atoms with Crippen LogP contribution in [0.2, 0.25) is 0 Å². The lowest BCUT2D eigenvalue weighted by molar-refractivity contribution is -0.118. The number of aromatic nitrogens is 3. The molecule has 2 heterocycles. The predicted octanol–water partition coefficient (Wildman–Crippen LogP) is 5.27. The number of methoxy groups -OCH3 is 1. The summed E-state index contributed by atoms with van der Waals surface area (Å²) in [6.07, 6.45) is 2.65. The lowest BCUT2D eigenvalue weighted by Crippen LogP contribution is -2.36. The Kier molecular flexibility index (Phi) is 6.90. The highest BCUT2D eigenvalue weighted by Crippen LogP contribution is 2.44. The van der Waals surface area contributed by atoms with Crippen LogP contribution in [0, 0.1) is 0 Å². The summed E-state index contributed by atoms with van der Waals surface area (Å²) in [6, 6.07) is 15.1. The van der Waals surface area contributed by atoms with E-state index in [1.165, 1.54) is 13.3 Å². The predicted molar refractivity (Wildman–Crippen MR) is 125 cm³/mol. The fourth-order valence-electron chi connectivity index (χ4n) is 3.70. The molecule has 0 fully saturated rings. The number of nitrogens with zero attached hydrogens (tertiary/aromatic N) is 4. The summed E-state index contributed by atoms with van der Waals surface area (Å²) < 4.78 is 12.0. The molecule has 1 amide bonds. The zero-order chi connectivity index (χ0) is 22.5. The molecular weight excluding hydrogens is 424 g/mol. The number of anilines is 1. The Balaban J connectivity index is 1.83. The summed E-state index contributed by atoms with van der Waals surface area (Å²) in [6.45, 7) is 3.70. The molecule has 7 nitrogen and oxygen atoms in total. The van der Waals surface area contributed by atoms with E-state index < -0.39 is 6.23 Å². The van der Waals surface area contributed by atoms with Crippen LogP contribution in [0.15, 0.2) is 53.7 Å². The van der Waals surface area contributed by atoms with Crippen molar-refractivity contribution in [2.24, 2.45) is 0 Å². The van der Waals surface area contributed by atoms with Gasteiger partial charge in [-0.25, -0.2) is 0 Å². The Morgan fingerprint density at radius 3 is 2.69 bits per heavy atom. The van der Waals surface area contributed by atoms with Gasteiger partial charge in [0.25, 0.3) is 0 Å². The minimum Gasteiger partial charge on any atom is -0.496 e. The standard InChI is InChI=1S/C24H26N4O3S/c1-4-5-10-15-32-24-25-22-21(26-27-24)17-11-6-8-13-19(17)28(16(2)29)23(31-22)18-12-7-9-14-20(18)30-3/h6-9,11-14,23H,4-5,10,15H2,1-3H3/t23-/m1/s1. The van der Waals surface area contributed by atoms with Gasteiger partial charge >= 0.3 is 0 Å². The van der Waals surface area contributed by atoms with Gasteiger partial charge in [-0.3, -0.25) is 9.69 Å². The van der Waals surface area contributed by atoms with Crippen LogP contribution in [0.25, 0.3) is 11.3 Å². The highest BCUT2D eigenvalue weighted by Gasteiger charge is 2.35. The van der Waals surface area contributed by atoms with E-state index in [-0.39, 0.29) is 5.91 Å². The molecule has 0 spiro atoms. The Morgan fingerprint density at radius 2 is 1.91 bits per heavy atom. The molecule has 0 aliphatic carbocycles. The van der Waals surface area contributed by atoms with E-state index in [9.17, 15) is 4.79 Å². The van der Waals surface area contributed by atoms with Crippen molar-refractivity contribution >= 4 is 23.4 Å². The van der Waals surface area contributed by atoms with Gasteiger partial charge in [-0.15, -0.1) is 10.2 Å². The van der Waals surface area contributed by atoms with Crippen LogP contribution in [-0.4, -0.2) is 34.0 Å². The zero-order valence-electron chi connectivity index (χ0n) is 18.4. The number of benzene rings is 2. The van der Waals surface area contributed by atoms with Gasteiger partial charge in [-0.1, -0.05) is 61.9 Å². The molecule has 0 unspecified atom stereocenters. The molecule has 0 saturated carbocycles. The van der Waals surface area contributed by atoms with Gasteiger partial charge in [0.2, 0.25) is 23.2 Å². The molecule has 2 aromatic carbocycles. The van der Waals surface area contributed by atoms with Crippen molar-refractivity contribution in [3.05, 3.63) is 54.1 Å². The number of para-hydroxylation sites is 2. The second-order valence-corrected chi connectivity index (χ2v) is 8.48. The van der Waals surface area contributed by atoms with E-state index in [0.717, 1.165) is 29.7 Å². The smallest absolute Gasteiger partial charge is 0.247 e. The second-order valence-electron chi connectivity index (χ2n) is 7.42. The molecule has 1 aromatic heterocycles. The molecule has 1 aliphatic rings. The topological polar surface area (TPSA) is 77.4 Å². The third kappa shape index (κ3) is 4.41. The minimum absolute atomic E-state index is 0.164. The van der Waals surface area contributed by atoms with Gasteiger partial charge in [-0.05, 0) is 24.6 Å². The highest BCUT2D eigenvalue weighted by molar-refractivity contribution is 7.99. The van der Waals surface area contributed by atoms with Crippen LogP contribution in [-0.2, 0) is 4.79 Å². The van der Waals surface area contributed by atoms with E-state index >= 15 is 0 Å². The third-order valence-corrected chi connectivity index (χ3v) is 6.16. The first kappa shape index (κ1) is 22.1. The number of carbonyl (C=O) groups excluding carboxylic acids is 1. The van der Waals surface area contributed by atoms with E-state index in [2.05, 4.69) is 22.1 Å². The SMILES string of the molecule is CCCCCSc1nnc2c(n1)O[C@H](c1ccccc1OC)N(C(C)=O)c1ccccc1-2. The van der Waals surface area contributed by atoms with Gasteiger partial charge in [0.05, 0.1) is 18.4 Å². The number of fused-ring (bicyclic) bond motifs is 3. The van der Waals surface area contributed by atoms with Crippen LogP contribution in [0.5, 0.6) is 11.6 Å². The summed E-state index contributed by atoms with van der Waals surface area (Å²) in [5, 5.41) is 9.34. The lowest BCUT2D eigenvalue weighted by atomic mass is 10.1. The number of thioether (sulfide) groups is 1. The average molecular weight is 451 g/mol. The van der Waals surface area contributed by atoms with Crippen LogP contribution in [0.1, 0.15) is 44.9 Å². The molecule has 3 aromatic rings.